The van der Waals surface area contributed by atoms with E-state index in [9.17, 15) is 19.0 Å². The van der Waals surface area contributed by atoms with Gasteiger partial charge in [-0.2, -0.15) is 0 Å². The molecule has 0 aliphatic carbocycles. The summed E-state index contributed by atoms with van der Waals surface area (Å²) in [5.41, 5.74) is 0. The van der Waals surface area contributed by atoms with Gasteiger partial charge in [-0.25, -0.2) is 4.57 Å². The molecule has 0 saturated heterocycles. The first-order valence-electron chi connectivity index (χ1n) is 30.1. The number of carbonyl (C=O) groups excluding carboxylic acids is 2. The summed E-state index contributed by atoms with van der Waals surface area (Å²) in [4.78, 5) is 35.6. The molecule has 1 N–H and O–H groups in total. The van der Waals surface area contributed by atoms with Crippen molar-refractivity contribution in [1.82, 2.24) is 0 Å². The van der Waals surface area contributed by atoms with Gasteiger partial charge in [0.15, 0.2) is 6.10 Å². The Balaban J connectivity index is 4.11. The number of rotatable bonds is 54. The molecule has 0 bridgehead atoms. The van der Waals surface area contributed by atoms with Crippen LogP contribution >= 0.6 is 7.82 Å². The molecule has 9 nitrogen and oxygen atoms in total. The van der Waals surface area contributed by atoms with Gasteiger partial charge in [0, 0.05) is 12.8 Å². The van der Waals surface area contributed by atoms with Crippen LogP contribution in [0, 0.1) is 0 Å². The van der Waals surface area contributed by atoms with Crippen molar-refractivity contribution in [3.05, 3.63) is 109 Å². The fraction of sp³-hybridized carbons (Fsp3) is 0.692. The molecule has 75 heavy (non-hydrogen) atoms. The zero-order chi connectivity index (χ0) is 54.9. The number of esters is 2. The molecule has 0 aromatic rings. The van der Waals surface area contributed by atoms with Crippen molar-refractivity contribution in [3.8, 4) is 0 Å². The number of ether oxygens (including phenoxy) is 2. The zero-order valence-corrected chi connectivity index (χ0v) is 49.6. The van der Waals surface area contributed by atoms with Gasteiger partial charge >= 0.3 is 19.8 Å². The average molecular weight is 1070 g/mol. The van der Waals surface area contributed by atoms with E-state index >= 15 is 0 Å². The number of phosphoric acid groups is 1. The van der Waals surface area contributed by atoms with E-state index in [2.05, 4.69) is 123 Å². The second kappa shape index (κ2) is 55.4. The lowest BCUT2D eigenvalue weighted by atomic mass is 10.0. The van der Waals surface area contributed by atoms with Gasteiger partial charge in [0.05, 0.1) is 27.7 Å². The average Bonchev–Trinajstić information content (AvgIpc) is 3.37. The van der Waals surface area contributed by atoms with E-state index < -0.39 is 26.5 Å². The predicted molar refractivity (Wildman–Crippen MR) is 321 cm³/mol. The number of likely N-dealkylation sites (N-methyl/N-ethyl adjacent to an activating group) is 1. The summed E-state index contributed by atoms with van der Waals surface area (Å²) in [6.45, 7) is 4.31. The molecule has 0 aliphatic heterocycles. The maximum absolute atomic E-state index is 12.8. The third-order valence-electron chi connectivity index (χ3n) is 12.6. The molecule has 430 valence electrons. The van der Waals surface area contributed by atoms with Crippen molar-refractivity contribution in [2.24, 2.45) is 0 Å². The van der Waals surface area contributed by atoms with Crippen molar-refractivity contribution in [3.63, 3.8) is 0 Å². The monoisotopic (exact) mass is 1070 g/mol. The summed E-state index contributed by atoms with van der Waals surface area (Å²) >= 11 is 0. The summed E-state index contributed by atoms with van der Waals surface area (Å²) in [7, 11) is 1.47. The number of nitrogens with zero attached hydrogens (tertiary/aromatic N) is 1. The van der Waals surface area contributed by atoms with Crippen LogP contribution in [0.2, 0.25) is 0 Å². The predicted octanol–water partition coefficient (Wildman–Crippen LogP) is 19.0. The van der Waals surface area contributed by atoms with E-state index in [1.54, 1.807) is 0 Å². The van der Waals surface area contributed by atoms with Gasteiger partial charge in [-0.3, -0.25) is 18.6 Å². The Morgan fingerprint density at radius 1 is 0.427 bits per heavy atom. The highest BCUT2D eigenvalue weighted by Crippen LogP contribution is 2.43. The minimum absolute atomic E-state index is 0.0271. The summed E-state index contributed by atoms with van der Waals surface area (Å²) in [5, 5.41) is 0. The van der Waals surface area contributed by atoms with Crippen LogP contribution < -0.4 is 0 Å². The van der Waals surface area contributed by atoms with E-state index in [1.165, 1.54) is 103 Å². The van der Waals surface area contributed by atoms with Gasteiger partial charge in [-0.1, -0.05) is 252 Å². The van der Waals surface area contributed by atoms with E-state index in [4.69, 9.17) is 18.5 Å². The van der Waals surface area contributed by atoms with Crippen molar-refractivity contribution in [2.45, 2.75) is 245 Å². The van der Waals surface area contributed by atoms with Gasteiger partial charge in [-0.05, 0) is 83.5 Å². The Morgan fingerprint density at radius 3 is 1.13 bits per heavy atom. The highest BCUT2D eigenvalue weighted by Gasteiger charge is 2.27. The number of phosphoric ester groups is 1. The normalized spacial score (nSPS) is 14.1. The number of carbonyl (C=O) groups is 2. The zero-order valence-electron chi connectivity index (χ0n) is 48.7. The Labute approximate surface area is 461 Å². The van der Waals surface area contributed by atoms with Crippen LogP contribution in [0.25, 0.3) is 0 Å². The summed E-state index contributed by atoms with van der Waals surface area (Å²) in [5.74, 6) is -0.804. The second-order valence-electron chi connectivity index (χ2n) is 21.0. The van der Waals surface area contributed by atoms with Crippen LogP contribution in [0.1, 0.15) is 239 Å². The lowest BCUT2D eigenvalue weighted by molar-refractivity contribution is -0.870. The van der Waals surface area contributed by atoms with Gasteiger partial charge in [0.1, 0.15) is 19.8 Å². The molecule has 0 fully saturated rings. The minimum atomic E-state index is -4.39. The van der Waals surface area contributed by atoms with Crippen LogP contribution in [0.5, 0.6) is 0 Å². The third-order valence-corrected chi connectivity index (χ3v) is 13.6. The molecule has 0 saturated carbocycles. The topological polar surface area (TPSA) is 108 Å². The molecule has 2 unspecified atom stereocenters. The van der Waals surface area contributed by atoms with Gasteiger partial charge < -0.3 is 18.9 Å². The van der Waals surface area contributed by atoms with Crippen molar-refractivity contribution in [2.75, 3.05) is 47.5 Å². The molecule has 0 aromatic carbocycles. The summed E-state index contributed by atoms with van der Waals surface area (Å²) in [6, 6.07) is 0. The van der Waals surface area contributed by atoms with Crippen molar-refractivity contribution in [1.29, 1.82) is 0 Å². The lowest BCUT2D eigenvalue weighted by Gasteiger charge is -2.24. The van der Waals surface area contributed by atoms with E-state index in [0.717, 1.165) is 103 Å². The highest BCUT2D eigenvalue weighted by molar-refractivity contribution is 7.47. The molecule has 0 spiro atoms. The number of unbranched alkanes of at least 4 members (excludes halogenated alkanes) is 22. The SMILES string of the molecule is CC/C=C\C/C=C\C/C=C\C/C=C\C/C=C\C/C=C\C/C=C\C/C=C\C/C=C\CCCCCCCCCCCC(=O)OC(COC(=O)CCCCCCCCCCCCCCCC)COP(=O)(O)OCC[N+](C)(C)C. The second-order valence-corrected chi connectivity index (χ2v) is 22.5. The number of allylic oxidation sites excluding steroid dienone is 18. The van der Waals surface area contributed by atoms with E-state index in [0.29, 0.717) is 17.4 Å². The lowest BCUT2D eigenvalue weighted by Crippen LogP contribution is -2.37. The van der Waals surface area contributed by atoms with E-state index in [1.807, 2.05) is 21.1 Å². The fourth-order valence-corrected chi connectivity index (χ4v) is 8.69. The molecule has 2 atom stereocenters. The van der Waals surface area contributed by atoms with E-state index in [-0.39, 0.29) is 32.0 Å². The van der Waals surface area contributed by atoms with Gasteiger partial charge in [0.2, 0.25) is 0 Å². The molecule has 0 heterocycles. The summed E-state index contributed by atoms with van der Waals surface area (Å²) in [6.07, 6.45) is 77.3. The Bertz CT molecular complexity index is 1630. The largest absolute Gasteiger partial charge is 0.472 e. The molecular weight excluding hydrogens is 954 g/mol. The molecule has 10 heteroatoms. The number of quaternary nitrogens is 1. The Hall–Kier alpha value is -3.33. The fourth-order valence-electron chi connectivity index (χ4n) is 7.95. The molecule has 0 radical (unpaired) electrons. The van der Waals surface area contributed by atoms with Crippen LogP contribution in [-0.2, 0) is 32.7 Å². The maximum Gasteiger partial charge on any atom is 0.472 e. The molecule has 0 aromatic heterocycles. The standard InChI is InChI=1S/C65H112NO8P/c1-6-8-10-12-14-16-18-20-22-23-24-25-26-27-28-29-30-31-32-33-34-35-36-37-38-39-40-41-42-43-44-46-48-50-52-54-56-58-65(68)74-63(62-73-75(69,70)72-60-59-66(3,4)5)61-71-64(67)57-55-53-51-49-47-45-21-19-17-15-13-11-9-7-2/h8,10,14,16,20,22,24-25,27-28,30-31,33-34,36-37,39-40,63H,6-7,9,11-13,15,17-19,21,23,26,29,32,35,38,41-62H2,1-5H3/p+1/b10-8-,16-14-,22-20-,25-24-,28-27-,31-30-,34-33-,37-36-,40-39-. The Kier molecular flexibility index (Phi) is 53.0. The maximum atomic E-state index is 12.8. The van der Waals surface area contributed by atoms with Crippen LogP contribution in [0.15, 0.2) is 109 Å². The number of hydrogen-bond acceptors (Lipinski definition) is 7. The van der Waals surface area contributed by atoms with Gasteiger partial charge in [0.25, 0.3) is 0 Å². The smallest absolute Gasteiger partial charge is 0.462 e. The molecule has 0 rings (SSSR count). The molecular formula is C65H113NO8P+. The van der Waals surface area contributed by atoms with Crippen LogP contribution in [-0.4, -0.2) is 74.9 Å². The van der Waals surface area contributed by atoms with Crippen molar-refractivity contribution < 1.29 is 42.1 Å². The first-order valence-corrected chi connectivity index (χ1v) is 31.6. The quantitative estimate of drug-likeness (QED) is 0.0211. The van der Waals surface area contributed by atoms with Crippen LogP contribution in [0.4, 0.5) is 0 Å². The highest BCUT2D eigenvalue weighted by atomic mass is 31.2. The first-order chi connectivity index (χ1) is 36.5. The van der Waals surface area contributed by atoms with Crippen molar-refractivity contribution >= 4 is 19.8 Å². The minimum Gasteiger partial charge on any atom is -0.462 e. The van der Waals surface area contributed by atoms with Gasteiger partial charge in [-0.15, -0.1) is 0 Å². The summed E-state index contributed by atoms with van der Waals surface area (Å²) < 4.78 is 34.5. The van der Waals surface area contributed by atoms with Crippen LogP contribution in [0.3, 0.4) is 0 Å². The first kappa shape index (κ1) is 71.7. The number of hydrogen-bond donors (Lipinski definition) is 1. The Morgan fingerprint density at radius 2 is 0.760 bits per heavy atom. The molecule has 0 aliphatic rings. The third kappa shape index (κ3) is 59.8. The molecule has 0 amide bonds.